The van der Waals surface area contributed by atoms with Crippen LogP contribution in [-0.4, -0.2) is 16.3 Å². The Hall–Kier alpha value is -2.36. The molecule has 0 aliphatic heterocycles. The summed E-state index contributed by atoms with van der Waals surface area (Å²) in [5.41, 5.74) is 1.37. The van der Waals surface area contributed by atoms with Crippen LogP contribution < -0.4 is 10.1 Å². The molecule has 1 N–H and O–H groups in total. The molecule has 1 amide bonds. The number of aromatic nitrogens is 2. The largest absolute Gasteiger partial charge is 0.418 e. The van der Waals surface area contributed by atoms with Crippen LogP contribution in [0.15, 0.2) is 36.4 Å². The third-order valence-electron chi connectivity index (χ3n) is 2.36. The number of amides is 1. The van der Waals surface area contributed by atoms with Crippen LogP contribution in [0.25, 0.3) is 0 Å². The predicted molar refractivity (Wildman–Crippen MR) is 77.3 cm³/mol. The molecule has 106 valence electrons. The lowest BCUT2D eigenvalue weighted by atomic mass is 10.2. The van der Waals surface area contributed by atoms with Crippen molar-refractivity contribution in [3.63, 3.8) is 0 Å². The third kappa shape index (κ3) is 4.31. The lowest BCUT2D eigenvalue weighted by Crippen LogP contribution is -2.17. The summed E-state index contributed by atoms with van der Waals surface area (Å²) in [4.78, 5) is 11.0. The SMILES string of the molecule is N#Cc1ccc(OC(=O)Nc2ccc(C(Cl)Cl)cc2)nn1. The zero-order valence-corrected chi connectivity index (χ0v) is 12.0. The molecule has 0 bridgehead atoms. The van der Waals surface area contributed by atoms with Crippen molar-refractivity contribution in [1.82, 2.24) is 10.2 Å². The summed E-state index contributed by atoms with van der Waals surface area (Å²) in [6, 6.07) is 11.2. The number of ether oxygens (including phenoxy) is 1. The Morgan fingerprint density at radius 3 is 2.43 bits per heavy atom. The summed E-state index contributed by atoms with van der Waals surface area (Å²) < 4.78 is 4.91. The van der Waals surface area contributed by atoms with Crippen molar-refractivity contribution in [2.45, 2.75) is 4.84 Å². The van der Waals surface area contributed by atoms with Crippen molar-refractivity contribution < 1.29 is 9.53 Å². The molecular formula is C13H8Cl2N4O2. The molecule has 1 heterocycles. The van der Waals surface area contributed by atoms with Gasteiger partial charge < -0.3 is 4.74 Å². The number of hydrogen-bond acceptors (Lipinski definition) is 5. The summed E-state index contributed by atoms with van der Waals surface area (Å²) in [7, 11) is 0. The number of hydrogen-bond donors (Lipinski definition) is 1. The van der Waals surface area contributed by atoms with Crippen LogP contribution >= 0.6 is 23.2 Å². The molecule has 0 aliphatic rings. The van der Waals surface area contributed by atoms with Gasteiger partial charge in [0.15, 0.2) is 5.69 Å². The molecule has 0 unspecified atom stereocenters. The fourth-order valence-corrected chi connectivity index (χ4v) is 1.68. The maximum atomic E-state index is 11.6. The molecular weight excluding hydrogens is 315 g/mol. The fourth-order valence-electron chi connectivity index (χ4n) is 1.38. The number of benzene rings is 1. The Morgan fingerprint density at radius 2 is 1.90 bits per heavy atom. The molecule has 2 aromatic rings. The van der Waals surface area contributed by atoms with E-state index in [0.717, 1.165) is 5.56 Å². The third-order valence-corrected chi connectivity index (χ3v) is 2.86. The number of alkyl halides is 2. The summed E-state index contributed by atoms with van der Waals surface area (Å²) in [5, 5.41) is 18.2. The zero-order chi connectivity index (χ0) is 15.2. The minimum Gasteiger partial charge on any atom is -0.389 e. The van der Waals surface area contributed by atoms with E-state index in [9.17, 15) is 4.79 Å². The van der Waals surface area contributed by atoms with Gasteiger partial charge in [0.1, 0.15) is 10.9 Å². The quantitative estimate of drug-likeness (QED) is 0.874. The Balaban J connectivity index is 1.96. The number of carbonyl (C=O) groups is 1. The molecule has 8 heteroatoms. The van der Waals surface area contributed by atoms with E-state index < -0.39 is 10.9 Å². The molecule has 1 aromatic heterocycles. The van der Waals surface area contributed by atoms with Crippen LogP contribution in [0, 0.1) is 11.3 Å². The normalized spacial score (nSPS) is 10.0. The van der Waals surface area contributed by atoms with Crippen molar-refractivity contribution in [3.8, 4) is 11.9 Å². The van der Waals surface area contributed by atoms with E-state index in [2.05, 4.69) is 15.5 Å². The molecule has 0 saturated carbocycles. The maximum Gasteiger partial charge on any atom is 0.418 e. The van der Waals surface area contributed by atoms with Crippen molar-refractivity contribution in [2.75, 3.05) is 5.32 Å². The topological polar surface area (TPSA) is 87.9 Å². The Morgan fingerprint density at radius 1 is 1.19 bits per heavy atom. The summed E-state index contributed by atoms with van der Waals surface area (Å²) in [5.74, 6) is -0.00954. The average molecular weight is 323 g/mol. The van der Waals surface area contributed by atoms with Gasteiger partial charge >= 0.3 is 6.09 Å². The molecule has 0 spiro atoms. The molecule has 0 saturated heterocycles. The second kappa shape index (κ2) is 6.88. The highest BCUT2D eigenvalue weighted by molar-refractivity contribution is 6.44. The first-order valence-corrected chi connectivity index (χ1v) is 6.56. The highest BCUT2D eigenvalue weighted by Gasteiger charge is 2.08. The first kappa shape index (κ1) is 15.0. The fraction of sp³-hybridized carbons (Fsp3) is 0.0769. The van der Waals surface area contributed by atoms with Gasteiger partial charge in [-0.3, -0.25) is 5.32 Å². The van der Waals surface area contributed by atoms with Crippen LogP contribution in [0.5, 0.6) is 5.88 Å². The van der Waals surface area contributed by atoms with Crippen molar-refractivity contribution in [1.29, 1.82) is 5.26 Å². The van der Waals surface area contributed by atoms with Crippen LogP contribution in [0.2, 0.25) is 0 Å². The van der Waals surface area contributed by atoms with E-state index in [0.29, 0.717) is 5.69 Å². The number of halogens is 2. The van der Waals surface area contributed by atoms with Crippen LogP contribution in [0.3, 0.4) is 0 Å². The molecule has 0 fully saturated rings. The van der Waals surface area contributed by atoms with Gasteiger partial charge in [-0.25, -0.2) is 4.79 Å². The van der Waals surface area contributed by atoms with Crippen molar-refractivity contribution in [3.05, 3.63) is 47.7 Å². The monoisotopic (exact) mass is 322 g/mol. The lowest BCUT2D eigenvalue weighted by molar-refractivity contribution is 0.213. The number of nitrogens with zero attached hydrogens (tertiary/aromatic N) is 3. The van der Waals surface area contributed by atoms with E-state index in [1.165, 1.54) is 12.1 Å². The number of nitriles is 1. The van der Waals surface area contributed by atoms with Gasteiger partial charge in [0.05, 0.1) is 0 Å². The van der Waals surface area contributed by atoms with Gasteiger partial charge in [-0.15, -0.1) is 33.4 Å². The molecule has 0 atom stereocenters. The van der Waals surface area contributed by atoms with E-state index in [1.807, 2.05) is 6.07 Å². The Labute approximate surface area is 130 Å². The molecule has 21 heavy (non-hydrogen) atoms. The van der Waals surface area contributed by atoms with E-state index in [-0.39, 0.29) is 11.6 Å². The number of nitrogens with one attached hydrogen (secondary N) is 1. The van der Waals surface area contributed by atoms with Crippen LogP contribution in [0.4, 0.5) is 10.5 Å². The van der Waals surface area contributed by atoms with Gasteiger partial charge in [-0.05, 0) is 23.8 Å². The maximum absolute atomic E-state index is 11.6. The van der Waals surface area contributed by atoms with Crippen molar-refractivity contribution in [2.24, 2.45) is 0 Å². The van der Waals surface area contributed by atoms with E-state index in [4.69, 9.17) is 33.2 Å². The van der Waals surface area contributed by atoms with Crippen molar-refractivity contribution >= 4 is 35.0 Å². The second-order valence-electron chi connectivity index (χ2n) is 3.81. The van der Waals surface area contributed by atoms with Gasteiger partial charge in [0.2, 0.25) is 5.88 Å². The van der Waals surface area contributed by atoms with Gasteiger partial charge in [0.25, 0.3) is 0 Å². The Kier molecular flexibility index (Phi) is 4.93. The highest BCUT2D eigenvalue weighted by Crippen LogP contribution is 2.25. The van der Waals surface area contributed by atoms with E-state index >= 15 is 0 Å². The minimum atomic E-state index is -0.727. The number of rotatable bonds is 3. The summed E-state index contributed by atoms with van der Waals surface area (Å²) >= 11 is 11.4. The van der Waals surface area contributed by atoms with Gasteiger partial charge in [-0.2, -0.15) is 5.26 Å². The first-order valence-electron chi connectivity index (χ1n) is 5.69. The summed E-state index contributed by atoms with van der Waals surface area (Å²) in [6.45, 7) is 0. The Bertz CT molecular complexity index is 666. The standard InChI is InChI=1S/C13H8Cl2N4O2/c14-12(15)8-1-3-9(4-2-8)17-13(20)21-11-6-5-10(7-16)18-19-11/h1-6,12H,(H,17,20). The second-order valence-corrected chi connectivity index (χ2v) is 4.90. The smallest absolute Gasteiger partial charge is 0.389 e. The highest BCUT2D eigenvalue weighted by atomic mass is 35.5. The molecule has 0 radical (unpaired) electrons. The number of anilines is 1. The minimum absolute atomic E-state index is 0.00954. The summed E-state index contributed by atoms with van der Waals surface area (Å²) in [6.07, 6.45) is -0.727. The molecule has 1 aromatic carbocycles. The molecule has 0 aliphatic carbocycles. The predicted octanol–water partition coefficient (Wildman–Crippen LogP) is 3.44. The average Bonchev–Trinajstić information content (AvgIpc) is 2.48. The zero-order valence-electron chi connectivity index (χ0n) is 10.5. The van der Waals surface area contributed by atoms with E-state index in [1.54, 1.807) is 24.3 Å². The first-order chi connectivity index (χ1) is 10.1. The lowest BCUT2D eigenvalue weighted by Gasteiger charge is -2.07. The van der Waals surface area contributed by atoms with Gasteiger partial charge in [0, 0.05) is 11.8 Å². The van der Waals surface area contributed by atoms with Crippen LogP contribution in [-0.2, 0) is 0 Å². The molecule has 6 nitrogen and oxygen atoms in total. The number of carbonyl (C=O) groups excluding carboxylic acids is 1. The molecule has 2 rings (SSSR count). The van der Waals surface area contributed by atoms with Gasteiger partial charge in [-0.1, -0.05) is 12.1 Å². The van der Waals surface area contributed by atoms with Crippen LogP contribution in [0.1, 0.15) is 16.1 Å².